The Morgan fingerprint density at radius 1 is 1.33 bits per heavy atom. The summed E-state index contributed by atoms with van der Waals surface area (Å²) >= 11 is 0. The van der Waals surface area contributed by atoms with E-state index < -0.39 is 19.9 Å². The highest BCUT2D eigenvalue weighted by atomic mass is 32.2. The molecule has 0 aromatic heterocycles. The minimum Gasteiger partial charge on any atom is -0.310 e. The number of rotatable bonds is 5. The molecule has 21 heavy (non-hydrogen) atoms. The summed E-state index contributed by atoms with van der Waals surface area (Å²) in [6, 6.07) is 6.39. The third-order valence-electron chi connectivity index (χ3n) is 3.75. The van der Waals surface area contributed by atoms with Gasteiger partial charge in [-0.25, -0.2) is 22.0 Å². The minimum absolute atomic E-state index is 0.0165. The zero-order valence-electron chi connectivity index (χ0n) is 11.8. The van der Waals surface area contributed by atoms with Crippen molar-refractivity contribution in [1.82, 2.24) is 5.32 Å². The highest BCUT2D eigenvalue weighted by molar-refractivity contribution is 7.91. The van der Waals surface area contributed by atoms with Gasteiger partial charge < -0.3 is 5.32 Å². The molecule has 1 aromatic carbocycles. The van der Waals surface area contributed by atoms with Crippen molar-refractivity contribution in [3.63, 3.8) is 0 Å². The number of nitrogens with two attached hydrogens (primary N) is 1. The molecular weight excluding hydrogens is 312 g/mol. The van der Waals surface area contributed by atoms with Crippen LogP contribution in [0.15, 0.2) is 29.2 Å². The molecule has 2 unspecified atom stereocenters. The minimum atomic E-state index is -3.67. The summed E-state index contributed by atoms with van der Waals surface area (Å²) in [6.45, 7) is 2.59. The lowest BCUT2D eigenvalue weighted by Gasteiger charge is -2.17. The maximum atomic E-state index is 11.4. The molecule has 1 saturated heterocycles. The van der Waals surface area contributed by atoms with E-state index in [1.165, 1.54) is 12.1 Å². The summed E-state index contributed by atoms with van der Waals surface area (Å²) in [6.07, 6.45) is 0.701. The van der Waals surface area contributed by atoms with Crippen molar-refractivity contribution < 1.29 is 16.8 Å². The normalized spacial score (nSPS) is 23.0. The van der Waals surface area contributed by atoms with Crippen molar-refractivity contribution in [1.29, 1.82) is 0 Å². The monoisotopic (exact) mass is 332 g/mol. The van der Waals surface area contributed by atoms with E-state index >= 15 is 0 Å². The number of sulfone groups is 1. The van der Waals surface area contributed by atoms with Gasteiger partial charge in [0.25, 0.3) is 0 Å². The molecule has 0 amide bonds. The van der Waals surface area contributed by atoms with Crippen LogP contribution in [-0.2, 0) is 19.9 Å². The smallest absolute Gasteiger partial charge is 0.238 e. The number of hydrogen-bond acceptors (Lipinski definition) is 5. The third-order valence-corrected chi connectivity index (χ3v) is 6.51. The first-order valence-electron chi connectivity index (χ1n) is 6.74. The first-order chi connectivity index (χ1) is 9.67. The Morgan fingerprint density at radius 2 is 1.95 bits per heavy atom. The van der Waals surface area contributed by atoms with Gasteiger partial charge in [-0.1, -0.05) is 12.1 Å². The van der Waals surface area contributed by atoms with Crippen LogP contribution in [0.1, 0.15) is 24.9 Å². The summed E-state index contributed by atoms with van der Waals surface area (Å²) in [5, 5.41) is 8.34. The van der Waals surface area contributed by atoms with Crippen LogP contribution in [0.3, 0.4) is 0 Å². The largest absolute Gasteiger partial charge is 0.310 e. The summed E-state index contributed by atoms with van der Waals surface area (Å²) in [7, 11) is -6.52. The molecule has 0 bridgehead atoms. The van der Waals surface area contributed by atoms with Crippen molar-refractivity contribution in [2.75, 3.05) is 18.1 Å². The number of hydrogen-bond donors (Lipinski definition) is 2. The van der Waals surface area contributed by atoms with Gasteiger partial charge in [0.2, 0.25) is 10.0 Å². The van der Waals surface area contributed by atoms with Gasteiger partial charge in [-0.05, 0) is 43.5 Å². The lowest BCUT2D eigenvalue weighted by Crippen LogP contribution is -2.26. The average molecular weight is 332 g/mol. The standard InChI is InChI=1S/C13H20N2O4S2/c1-10(15-8-11-6-7-20(16,17)9-11)12-2-4-13(5-3-12)21(14,18)19/h2-5,10-11,15H,6-9H2,1H3,(H2,14,18,19). The average Bonchev–Trinajstić information content (AvgIpc) is 2.75. The molecule has 0 radical (unpaired) electrons. The van der Waals surface area contributed by atoms with Gasteiger partial charge >= 0.3 is 0 Å². The first kappa shape index (κ1) is 16.4. The topological polar surface area (TPSA) is 106 Å². The predicted molar refractivity (Wildman–Crippen MR) is 81.0 cm³/mol. The second-order valence-electron chi connectivity index (χ2n) is 5.51. The van der Waals surface area contributed by atoms with Crippen molar-refractivity contribution >= 4 is 19.9 Å². The fourth-order valence-electron chi connectivity index (χ4n) is 2.44. The Hall–Kier alpha value is -0.960. The van der Waals surface area contributed by atoms with Gasteiger partial charge in [-0.3, -0.25) is 0 Å². The Bertz CT molecular complexity index is 696. The number of sulfonamides is 1. The van der Waals surface area contributed by atoms with E-state index in [1.54, 1.807) is 12.1 Å². The summed E-state index contributed by atoms with van der Waals surface area (Å²) in [5.41, 5.74) is 0.934. The quantitative estimate of drug-likeness (QED) is 0.813. The van der Waals surface area contributed by atoms with E-state index in [0.29, 0.717) is 13.0 Å². The van der Waals surface area contributed by atoms with Gasteiger partial charge in [0.15, 0.2) is 9.84 Å². The van der Waals surface area contributed by atoms with E-state index in [2.05, 4.69) is 5.32 Å². The van der Waals surface area contributed by atoms with E-state index in [-0.39, 0.29) is 28.4 Å². The van der Waals surface area contributed by atoms with Gasteiger partial charge in [0.1, 0.15) is 0 Å². The fraction of sp³-hybridized carbons (Fsp3) is 0.538. The van der Waals surface area contributed by atoms with Crippen LogP contribution in [0.2, 0.25) is 0 Å². The van der Waals surface area contributed by atoms with Crippen molar-refractivity contribution in [3.8, 4) is 0 Å². The zero-order chi connectivity index (χ0) is 15.7. The maximum absolute atomic E-state index is 11.4. The first-order valence-corrected chi connectivity index (χ1v) is 10.1. The maximum Gasteiger partial charge on any atom is 0.238 e. The van der Waals surface area contributed by atoms with Gasteiger partial charge in [-0.15, -0.1) is 0 Å². The molecule has 1 aliphatic heterocycles. The molecule has 2 atom stereocenters. The Kier molecular flexibility index (Phi) is 4.72. The van der Waals surface area contributed by atoms with Crippen LogP contribution in [0.5, 0.6) is 0 Å². The Balaban J connectivity index is 1.93. The Morgan fingerprint density at radius 3 is 2.43 bits per heavy atom. The molecule has 118 valence electrons. The van der Waals surface area contributed by atoms with Crippen LogP contribution in [-0.4, -0.2) is 34.9 Å². The van der Waals surface area contributed by atoms with Crippen molar-refractivity contribution in [2.24, 2.45) is 11.1 Å². The molecule has 1 aromatic rings. The lowest BCUT2D eigenvalue weighted by atomic mass is 10.1. The molecule has 1 aliphatic rings. The SMILES string of the molecule is CC(NCC1CCS(=O)(=O)C1)c1ccc(S(N)(=O)=O)cc1. The summed E-state index contributed by atoms with van der Waals surface area (Å²) in [4.78, 5) is 0.0836. The van der Waals surface area contributed by atoms with Crippen molar-refractivity contribution in [2.45, 2.75) is 24.3 Å². The van der Waals surface area contributed by atoms with Crippen molar-refractivity contribution in [3.05, 3.63) is 29.8 Å². The summed E-state index contributed by atoms with van der Waals surface area (Å²) in [5.74, 6) is 0.676. The summed E-state index contributed by atoms with van der Waals surface area (Å²) < 4.78 is 45.1. The fourth-order valence-corrected chi connectivity index (χ4v) is 4.82. The molecule has 3 N–H and O–H groups in total. The second-order valence-corrected chi connectivity index (χ2v) is 9.30. The third kappa shape index (κ3) is 4.50. The number of nitrogens with one attached hydrogen (secondary N) is 1. The van der Waals surface area contributed by atoms with Crippen LogP contribution >= 0.6 is 0 Å². The molecule has 0 saturated carbocycles. The molecule has 2 rings (SSSR count). The zero-order valence-corrected chi connectivity index (χ0v) is 13.5. The highest BCUT2D eigenvalue weighted by Crippen LogP contribution is 2.20. The van der Waals surface area contributed by atoms with Gasteiger partial charge in [0, 0.05) is 6.04 Å². The molecule has 6 nitrogen and oxygen atoms in total. The van der Waals surface area contributed by atoms with E-state index in [0.717, 1.165) is 5.56 Å². The van der Waals surface area contributed by atoms with Crippen LogP contribution in [0, 0.1) is 5.92 Å². The molecule has 1 fully saturated rings. The molecule has 0 aliphatic carbocycles. The van der Waals surface area contributed by atoms with Crippen LogP contribution < -0.4 is 10.5 Å². The van der Waals surface area contributed by atoms with Gasteiger partial charge in [-0.2, -0.15) is 0 Å². The predicted octanol–water partition coefficient (Wildman–Crippen LogP) is 0.419. The van der Waals surface area contributed by atoms with Gasteiger partial charge in [0.05, 0.1) is 16.4 Å². The van der Waals surface area contributed by atoms with E-state index in [1.807, 2.05) is 6.92 Å². The molecule has 8 heteroatoms. The molecular formula is C13H20N2O4S2. The number of benzene rings is 1. The lowest BCUT2D eigenvalue weighted by molar-refractivity contribution is 0.476. The van der Waals surface area contributed by atoms with Crippen LogP contribution in [0.25, 0.3) is 0 Å². The molecule has 0 spiro atoms. The highest BCUT2D eigenvalue weighted by Gasteiger charge is 2.27. The second kappa shape index (κ2) is 6.04. The van der Waals surface area contributed by atoms with E-state index in [9.17, 15) is 16.8 Å². The van der Waals surface area contributed by atoms with E-state index in [4.69, 9.17) is 5.14 Å². The van der Waals surface area contributed by atoms with Crippen LogP contribution in [0.4, 0.5) is 0 Å². The number of primary sulfonamides is 1. The molecule has 1 heterocycles. The Labute approximate surface area is 125 Å².